The summed E-state index contributed by atoms with van der Waals surface area (Å²) in [4.78, 5) is 18.5. The number of nitrogens with one attached hydrogen (secondary N) is 1. The molecule has 1 saturated heterocycles. The molecule has 7 heteroatoms. The van der Waals surface area contributed by atoms with Gasteiger partial charge in [-0.25, -0.2) is 18.2 Å². The molecule has 0 bridgehead atoms. The topological polar surface area (TPSA) is 79.4 Å². The summed E-state index contributed by atoms with van der Waals surface area (Å²) in [6.45, 7) is 0.790. The number of anilines is 1. The Morgan fingerprint density at radius 1 is 1.20 bits per heavy atom. The molecule has 138 valence electrons. The number of amides is 2. The number of aromatic nitrogens is 1. The highest BCUT2D eigenvalue weighted by molar-refractivity contribution is 7.90. The Morgan fingerprint density at radius 3 is 2.60 bits per heavy atom. The van der Waals surface area contributed by atoms with Gasteiger partial charge in [0.05, 0.1) is 11.9 Å². The van der Waals surface area contributed by atoms with Crippen LogP contribution in [0, 0.1) is 5.92 Å². The molecule has 1 unspecified atom stereocenters. The van der Waals surface area contributed by atoms with E-state index in [1.54, 1.807) is 6.07 Å². The molecule has 0 radical (unpaired) electrons. The summed E-state index contributed by atoms with van der Waals surface area (Å²) >= 11 is 0. The fraction of sp³-hybridized carbons (Fsp3) is 0.667. The van der Waals surface area contributed by atoms with Crippen LogP contribution in [0.1, 0.15) is 51.4 Å². The summed E-state index contributed by atoms with van der Waals surface area (Å²) < 4.78 is 22.9. The standard InChI is InChI=1S/C18H27N3O3S/c1-25(23,24)17-10-9-15(13-19-17)20-18(22)21-11-5-8-16(21)12-14-6-3-2-4-7-14/h9-10,13-14,16H,2-8,11-12H2,1H3,(H,20,22). The van der Waals surface area contributed by atoms with Gasteiger partial charge < -0.3 is 10.2 Å². The first-order valence-corrected chi connectivity index (χ1v) is 11.1. The number of urea groups is 1. The number of pyridine rings is 1. The van der Waals surface area contributed by atoms with Crippen molar-refractivity contribution in [2.24, 2.45) is 5.92 Å². The minimum absolute atomic E-state index is 0.0156. The van der Waals surface area contributed by atoms with Crippen LogP contribution < -0.4 is 5.32 Å². The van der Waals surface area contributed by atoms with Gasteiger partial charge in [0, 0.05) is 18.8 Å². The van der Waals surface area contributed by atoms with Crippen molar-refractivity contribution in [1.29, 1.82) is 0 Å². The van der Waals surface area contributed by atoms with Gasteiger partial charge in [-0.15, -0.1) is 0 Å². The Labute approximate surface area is 149 Å². The SMILES string of the molecule is CS(=O)(=O)c1ccc(NC(=O)N2CCCC2CC2CCCCC2)cn1. The van der Waals surface area contributed by atoms with Crippen molar-refractivity contribution in [1.82, 2.24) is 9.88 Å². The number of carbonyl (C=O) groups is 1. The molecular formula is C18H27N3O3S. The van der Waals surface area contributed by atoms with E-state index in [4.69, 9.17) is 0 Å². The predicted molar refractivity (Wildman–Crippen MR) is 97.3 cm³/mol. The molecule has 2 amide bonds. The van der Waals surface area contributed by atoms with Gasteiger partial charge in [-0.05, 0) is 37.3 Å². The minimum atomic E-state index is -3.32. The molecule has 25 heavy (non-hydrogen) atoms. The molecule has 3 rings (SSSR count). The second kappa shape index (κ2) is 7.72. The van der Waals surface area contributed by atoms with Crippen LogP contribution in [0.25, 0.3) is 0 Å². The monoisotopic (exact) mass is 365 g/mol. The van der Waals surface area contributed by atoms with Crippen LogP contribution in [0.3, 0.4) is 0 Å². The van der Waals surface area contributed by atoms with Gasteiger partial charge >= 0.3 is 6.03 Å². The first-order chi connectivity index (χ1) is 11.9. The Kier molecular flexibility index (Phi) is 5.61. The highest BCUT2D eigenvalue weighted by Crippen LogP contribution is 2.32. The second-order valence-corrected chi connectivity index (χ2v) is 9.28. The van der Waals surface area contributed by atoms with Crippen LogP contribution in [0.2, 0.25) is 0 Å². The Balaban J connectivity index is 1.59. The maximum absolute atomic E-state index is 12.6. The van der Waals surface area contributed by atoms with Gasteiger partial charge in [0.2, 0.25) is 0 Å². The maximum Gasteiger partial charge on any atom is 0.322 e. The quantitative estimate of drug-likeness (QED) is 0.886. The molecule has 1 aromatic heterocycles. The Hall–Kier alpha value is -1.63. The third-order valence-corrected chi connectivity index (χ3v) is 6.34. The molecule has 1 aromatic rings. The van der Waals surface area contributed by atoms with Gasteiger partial charge in [0.25, 0.3) is 0 Å². The summed E-state index contributed by atoms with van der Waals surface area (Å²) in [5, 5.41) is 2.88. The molecular weight excluding hydrogens is 338 g/mol. The molecule has 1 aliphatic carbocycles. The number of rotatable bonds is 4. The lowest BCUT2D eigenvalue weighted by molar-refractivity contribution is 0.190. The van der Waals surface area contributed by atoms with Crippen LogP contribution in [0.5, 0.6) is 0 Å². The number of sulfone groups is 1. The van der Waals surface area contributed by atoms with Crippen molar-refractivity contribution in [2.45, 2.75) is 62.4 Å². The van der Waals surface area contributed by atoms with Gasteiger partial charge in [0.15, 0.2) is 14.9 Å². The number of carbonyl (C=O) groups excluding carboxylic acids is 1. The Bertz CT molecular complexity index is 697. The van der Waals surface area contributed by atoms with Crippen molar-refractivity contribution in [2.75, 3.05) is 18.1 Å². The van der Waals surface area contributed by atoms with Crippen molar-refractivity contribution in [3.05, 3.63) is 18.3 Å². The first-order valence-electron chi connectivity index (χ1n) is 9.17. The van der Waals surface area contributed by atoms with Crippen LogP contribution in [0.4, 0.5) is 10.5 Å². The lowest BCUT2D eigenvalue weighted by Gasteiger charge is -2.30. The molecule has 0 spiro atoms. The number of nitrogens with zero attached hydrogens (tertiary/aromatic N) is 2. The van der Waals surface area contributed by atoms with E-state index in [9.17, 15) is 13.2 Å². The average Bonchev–Trinajstić information content (AvgIpc) is 3.04. The van der Waals surface area contributed by atoms with Crippen LogP contribution >= 0.6 is 0 Å². The molecule has 0 aromatic carbocycles. The van der Waals surface area contributed by atoms with Crippen molar-refractivity contribution < 1.29 is 13.2 Å². The number of hydrogen-bond acceptors (Lipinski definition) is 4. The first kappa shape index (κ1) is 18.2. The van der Waals surface area contributed by atoms with Gasteiger partial charge in [0.1, 0.15) is 0 Å². The van der Waals surface area contributed by atoms with Crippen LogP contribution in [-0.4, -0.2) is 43.2 Å². The zero-order chi connectivity index (χ0) is 17.9. The molecule has 1 aliphatic heterocycles. The highest BCUT2D eigenvalue weighted by atomic mass is 32.2. The third-order valence-electron chi connectivity index (χ3n) is 5.34. The normalized spacial score (nSPS) is 22.1. The van der Waals surface area contributed by atoms with E-state index in [-0.39, 0.29) is 11.1 Å². The van der Waals surface area contributed by atoms with E-state index in [1.807, 2.05) is 4.90 Å². The molecule has 1 N–H and O–H groups in total. The molecule has 2 heterocycles. The van der Waals surface area contributed by atoms with Crippen LogP contribution in [0.15, 0.2) is 23.4 Å². The third kappa shape index (κ3) is 4.71. The van der Waals surface area contributed by atoms with E-state index in [2.05, 4.69) is 10.3 Å². The lowest BCUT2D eigenvalue weighted by atomic mass is 9.84. The van der Waals surface area contributed by atoms with Gasteiger partial charge in [-0.1, -0.05) is 32.1 Å². The maximum atomic E-state index is 12.6. The number of likely N-dealkylation sites (tertiary alicyclic amines) is 1. The molecule has 1 atom stereocenters. The van der Waals surface area contributed by atoms with Crippen molar-refractivity contribution >= 4 is 21.6 Å². The summed E-state index contributed by atoms with van der Waals surface area (Å²) in [5.74, 6) is 0.753. The Morgan fingerprint density at radius 2 is 1.96 bits per heavy atom. The van der Waals surface area contributed by atoms with Crippen molar-refractivity contribution in [3.63, 3.8) is 0 Å². The molecule has 6 nitrogen and oxygen atoms in total. The van der Waals surface area contributed by atoms with E-state index in [1.165, 1.54) is 44.4 Å². The lowest BCUT2D eigenvalue weighted by Crippen LogP contribution is -2.39. The van der Waals surface area contributed by atoms with E-state index in [0.29, 0.717) is 11.7 Å². The predicted octanol–water partition coefficient (Wildman–Crippen LogP) is 3.45. The zero-order valence-corrected chi connectivity index (χ0v) is 15.6. The fourth-order valence-corrected chi connectivity index (χ4v) is 4.58. The summed E-state index contributed by atoms with van der Waals surface area (Å²) in [6.07, 6.45) is 12.3. The average molecular weight is 365 g/mol. The summed E-state index contributed by atoms with van der Waals surface area (Å²) in [7, 11) is -3.32. The van der Waals surface area contributed by atoms with E-state index < -0.39 is 9.84 Å². The van der Waals surface area contributed by atoms with Gasteiger partial charge in [-0.2, -0.15) is 0 Å². The summed E-state index contributed by atoms with van der Waals surface area (Å²) in [5.41, 5.74) is 0.528. The highest BCUT2D eigenvalue weighted by Gasteiger charge is 2.31. The van der Waals surface area contributed by atoms with Gasteiger partial charge in [-0.3, -0.25) is 0 Å². The van der Waals surface area contributed by atoms with E-state index in [0.717, 1.165) is 38.0 Å². The fourth-order valence-electron chi connectivity index (χ4n) is 4.02. The largest absolute Gasteiger partial charge is 0.322 e. The molecule has 1 saturated carbocycles. The van der Waals surface area contributed by atoms with Crippen LogP contribution in [-0.2, 0) is 9.84 Å². The zero-order valence-electron chi connectivity index (χ0n) is 14.8. The second-order valence-electron chi connectivity index (χ2n) is 7.32. The van der Waals surface area contributed by atoms with E-state index >= 15 is 0 Å². The minimum Gasteiger partial charge on any atom is -0.322 e. The summed E-state index contributed by atoms with van der Waals surface area (Å²) in [6, 6.07) is 3.24. The smallest absolute Gasteiger partial charge is 0.322 e. The molecule has 2 fully saturated rings. The number of hydrogen-bond donors (Lipinski definition) is 1. The van der Waals surface area contributed by atoms with Crippen molar-refractivity contribution in [3.8, 4) is 0 Å². The molecule has 2 aliphatic rings.